The van der Waals surface area contributed by atoms with Gasteiger partial charge < -0.3 is 14.4 Å². The molecule has 4 nitrogen and oxygen atoms in total. The second-order valence-corrected chi connectivity index (χ2v) is 4.44. The van der Waals surface area contributed by atoms with Crippen molar-refractivity contribution in [1.29, 1.82) is 0 Å². The van der Waals surface area contributed by atoms with Crippen molar-refractivity contribution >= 4 is 22.8 Å². The number of fused-ring (bicyclic) bond motifs is 1. The molecule has 0 aliphatic carbocycles. The highest BCUT2D eigenvalue weighted by atomic mass is 32.2. The molecule has 5 heteroatoms. The number of methoxy groups -OCH3 is 1. The number of aromatic nitrogens is 2. The Morgan fingerprint density at radius 2 is 2.31 bits per heavy atom. The standard InChI is InChI=1S/C11H14N2O2S/c1-13-10-4-3-8(15-2)7-9(10)12-11(13)16-6-5-14/h3-4,7,14H,5-6H2,1-2H3. The molecule has 0 amide bonds. The third-order valence-electron chi connectivity index (χ3n) is 2.37. The van der Waals surface area contributed by atoms with Gasteiger partial charge in [0.15, 0.2) is 5.16 Å². The lowest BCUT2D eigenvalue weighted by molar-refractivity contribution is 0.322. The number of aryl methyl sites for hydroxylation is 1. The first-order valence-electron chi connectivity index (χ1n) is 5.00. The summed E-state index contributed by atoms with van der Waals surface area (Å²) in [6, 6.07) is 5.83. The molecule has 1 N–H and O–H groups in total. The lowest BCUT2D eigenvalue weighted by Gasteiger charge is -2.00. The molecular formula is C11H14N2O2S. The van der Waals surface area contributed by atoms with Crippen molar-refractivity contribution in [2.24, 2.45) is 7.05 Å². The summed E-state index contributed by atoms with van der Waals surface area (Å²) in [6.07, 6.45) is 0. The Morgan fingerprint density at radius 3 is 3.00 bits per heavy atom. The maximum atomic E-state index is 8.80. The molecule has 0 bridgehead atoms. The molecule has 0 radical (unpaired) electrons. The average molecular weight is 238 g/mol. The van der Waals surface area contributed by atoms with Gasteiger partial charge in [0.05, 0.1) is 24.8 Å². The van der Waals surface area contributed by atoms with Crippen LogP contribution in [0.1, 0.15) is 0 Å². The topological polar surface area (TPSA) is 47.3 Å². The fourth-order valence-electron chi connectivity index (χ4n) is 1.55. The fraction of sp³-hybridized carbons (Fsp3) is 0.364. The molecule has 1 heterocycles. The largest absolute Gasteiger partial charge is 0.497 e. The Balaban J connectivity index is 2.41. The number of imidazole rings is 1. The van der Waals surface area contributed by atoms with Gasteiger partial charge in [-0.1, -0.05) is 11.8 Å². The Morgan fingerprint density at radius 1 is 1.50 bits per heavy atom. The van der Waals surface area contributed by atoms with E-state index in [9.17, 15) is 0 Å². The zero-order chi connectivity index (χ0) is 11.5. The third-order valence-corrected chi connectivity index (χ3v) is 3.38. The van der Waals surface area contributed by atoms with Crippen molar-refractivity contribution in [3.63, 3.8) is 0 Å². The van der Waals surface area contributed by atoms with Crippen LogP contribution >= 0.6 is 11.8 Å². The van der Waals surface area contributed by atoms with Gasteiger partial charge in [0.1, 0.15) is 5.75 Å². The Kier molecular flexibility index (Phi) is 3.36. The first kappa shape index (κ1) is 11.3. The summed E-state index contributed by atoms with van der Waals surface area (Å²) in [5.74, 6) is 1.47. The second kappa shape index (κ2) is 4.76. The number of thioether (sulfide) groups is 1. The van der Waals surface area contributed by atoms with Crippen molar-refractivity contribution in [3.8, 4) is 5.75 Å². The van der Waals surface area contributed by atoms with E-state index in [1.54, 1.807) is 18.9 Å². The van der Waals surface area contributed by atoms with Gasteiger partial charge in [0.25, 0.3) is 0 Å². The molecular weight excluding hydrogens is 224 g/mol. The van der Waals surface area contributed by atoms with Crippen LogP contribution in [-0.2, 0) is 7.05 Å². The van der Waals surface area contributed by atoms with E-state index in [4.69, 9.17) is 9.84 Å². The van der Waals surface area contributed by atoms with Crippen LogP contribution in [0.3, 0.4) is 0 Å². The molecule has 16 heavy (non-hydrogen) atoms. The van der Waals surface area contributed by atoms with E-state index < -0.39 is 0 Å². The van der Waals surface area contributed by atoms with Gasteiger partial charge in [-0.2, -0.15) is 0 Å². The summed E-state index contributed by atoms with van der Waals surface area (Å²) >= 11 is 1.55. The first-order chi connectivity index (χ1) is 7.76. The molecule has 0 saturated carbocycles. The molecule has 2 aromatic rings. The predicted octanol–water partition coefficient (Wildman–Crippen LogP) is 1.67. The van der Waals surface area contributed by atoms with E-state index in [0.29, 0.717) is 5.75 Å². The van der Waals surface area contributed by atoms with Gasteiger partial charge in [-0.15, -0.1) is 0 Å². The zero-order valence-electron chi connectivity index (χ0n) is 9.30. The van der Waals surface area contributed by atoms with Crippen LogP contribution in [0.15, 0.2) is 23.4 Å². The van der Waals surface area contributed by atoms with E-state index in [1.807, 2.05) is 29.8 Å². The number of nitrogens with zero attached hydrogens (tertiary/aromatic N) is 2. The Labute approximate surface area is 98.2 Å². The van der Waals surface area contributed by atoms with Crippen molar-refractivity contribution in [2.75, 3.05) is 19.5 Å². The quantitative estimate of drug-likeness (QED) is 0.823. The lowest BCUT2D eigenvalue weighted by atomic mass is 10.3. The summed E-state index contributed by atoms with van der Waals surface area (Å²) in [5, 5.41) is 9.71. The van der Waals surface area contributed by atoms with Gasteiger partial charge in [-0.05, 0) is 12.1 Å². The Hall–Kier alpha value is -1.20. The monoisotopic (exact) mass is 238 g/mol. The molecule has 0 unspecified atom stereocenters. The van der Waals surface area contributed by atoms with Crippen molar-refractivity contribution in [2.45, 2.75) is 5.16 Å². The number of benzene rings is 1. The first-order valence-corrected chi connectivity index (χ1v) is 5.99. The van der Waals surface area contributed by atoms with Crippen LogP contribution in [0, 0.1) is 0 Å². The van der Waals surface area contributed by atoms with Crippen molar-refractivity contribution in [3.05, 3.63) is 18.2 Å². The summed E-state index contributed by atoms with van der Waals surface area (Å²) < 4.78 is 7.18. The van der Waals surface area contributed by atoms with Crippen LogP contribution in [0.25, 0.3) is 11.0 Å². The van der Waals surface area contributed by atoms with E-state index in [0.717, 1.165) is 21.9 Å². The number of rotatable bonds is 4. The molecule has 2 rings (SSSR count). The van der Waals surface area contributed by atoms with E-state index >= 15 is 0 Å². The normalized spacial score (nSPS) is 10.9. The minimum Gasteiger partial charge on any atom is -0.497 e. The third kappa shape index (κ3) is 2.01. The molecule has 86 valence electrons. The van der Waals surface area contributed by atoms with Gasteiger partial charge in [-0.25, -0.2) is 4.98 Å². The molecule has 0 atom stereocenters. The highest BCUT2D eigenvalue weighted by Crippen LogP contribution is 2.25. The van der Waals surface area contributed by atoms with E-state index in [2.05, 4.69) is 4.98 Å². The summed E-state index contributed by atoms with van der Waals surface area (Å²) in [7, 11) is 3.62. The molecule has 0 aliphatic rings. The van der Waals surface area contributed by atoms with Gasteiger partial charge in [0, 0.05) is 18.9 Å². The lowest BCUT2D eigenvalue weighted by Crippen LogP contribution is -1.93. The SMILES string of the molecule is COc1ccc2c(c1)nc(SCCO)n2C. The van der Waals surface area contributed by atoms with Crippen LogP contribution < -0.4 is 4.74 Å². The molecule has 1 aromatic heterocycles. The van der Waals surface area contributed by atoms with Crippen LogP contribution in [0.5, 0.6) is 5.75 Å². The number of aliphatic hydroxyl groups is 1. The minimum atomic E-state index is 0.164. The molecule has 1 aromatic carbocycles. The van der Waals surface area contributed by atoms with Gasteiger partial charge in [0.2, 0.25) is 0 Å². The predicted molar refractivity (Wildman–Crippen MR) is 65.1 cm³/mol. The maximum absolute atomic E-state index is 8.80. The minimum absolute atomic E-state index is 0.164. The highest BCUT2D eigenvalue weighted by Gasteiger charge is 2.08. The van der Waals surface area contributed by atoms with Crippen LogP contribution in [0.2, 0.25) is 0 Å². The van der Waals surface area contributed by atoms with Crippen molar-refractivity contribution in [1.82, 2.24) is 9.55 Å². The molecule has 0 spiro atoms. The number of aliphatic hydroxyl groups excluding tert-OH is 1. The molecule has 0 saturated heterocycles. The Bertz CT molecular complexity index is 496. The average Bonchev–Trinajstić information content (AvgIpc) is 2.63. The number of hydrogen-bond donors (Lipinski definition) is 1. The molecule has 0 aliphatic heterocycles. The summed E-state index contributed by atoms with van der Waals surface area (Å²) in [5.41, 5.74) is 1.99. The van der Waals surface area contributed by atoms with Crippen LogP contribution in [-0.4, -0.2) is 34.1 Å². The summed E-state index contributed by atoms with van der Waals surface area (Å²) in [6.45, 7) is 0.164. The number of hydrogen-bond acceptors (Lipinski definition) is 4. The van der Waals surface area contributed by atoms with E-state index in [-0.39, 0.29) is 6.61 Å². The molecule has 0 fully saturated rings. The van der Waals surface area contributed by atoms with Gasteiger partial charge >= 0.3 is 0 Å². The van der Waals surface area contributed by atoms with Crippen molar-refractivity contribution < 1.29 is 9.84 Å². The second-order valence-electron chi connectivity index (χ2n) is 3.38. The van der Waals surface area contributed by atoms with E-state index in [1.165, 1.54) is 0 Å². The number of ether oxygens (including phenoxy) is 1. The smallest absolute Gasteiger partial charge is 0.168 e. The highest BCUT2D eigenvalue weighted by molar-refractivity contribution is 7.99. The zero-order valence-corrected chi connectivity index (χ0v) is 10.1. The fourth-order valence-corrected chi connectivity index (χ4v) is 2.28. The van der Waals surface area contributed by atoms with Gasteiger partial charge in [-0.3, -0.25) is 0 Å². The van der Waals surface area contributed by atoms with Crippen LogP contribution in [0.4, 0.5) is 0 Å². The summed E-state index contributed by atoms with van der Waals surface area (Å²) in [4.78, 5) is 4.49. The maximum Gasteiger partial charge on any atom is 0.168 e.